The third-order valence-corrected chi connectivity index (χ3v) is 3.49. The summed E-state index contributed by atoms with van der Waals surface area (Å²) in [5, 5.41) is 4.07. The number of carbonyl (C=O) groups is 1. The molecule has 0 unspecified atom stereocenters. The van der Waals surface area contributed by atoms with E-state index in [1.165, 1.54) is 19.2 Å². The number of benzene rings is 2. The van der Waals surface area contributed by atoms with E-state index in [4.69, 9.17) is 9.47 Å². The highest BCUT2D eigenvalue weighted by atomic mass is 19.3. The Bertz CT molecular complexity index is 780. The average molecular weight is 378 g/mol. The topological polar surface area (TPSA) is 69.2 Å². The van der Waals surface area contributed by atoms with E-state index < -0.39 is 12.5 Å². The number of ether oxygens (including phenoxy) is 3. The quantitative estimate of drug-likeness (QED) is 0.535. The number of nitrogens with zero attached hydrogens (tertiary/aromatic N) is 1. The van der Waals surface area contributed by atoms with Gasteiger partial charge in [-0.05, 0) is 48.4 Å². The van der Waals surface area contributed by atoms with Crippen LogP contribution in [0.25, 0.3) is 0 Å². The van der Waals surface area contributed by atoms with Gasteiger partial charge >= 0.3 is 6.61 Å². The summed E-state index contributed by atoms with van der Waals surface area (Å²) in [5.74, 6) is 0.585. The van der Waals surface area contributed by atoms with E-state index in [0.717, 1.165) is 0 Å². The first-order valence-corrected chi connectivity index (χ1v) is 8.20. The molecule has 0 radical (unpaired) electrons. The van der Waals surface area contributed by atoms with Crippen molar-refractivity contribution in [1.29, 1.82) is 0 Å². The van der Waals surface area contributed by atoms with Crippen molar-refractivity contribution in [3.63, 3.8) is 0 Å². The minimum absolute atomic E-state index is 0.0541. The van der Waals surface area contributed by atoms with Crippen molar-refractivity contribution in [3.05, 3.63) is 54.1 Å². The van der Waals surface area contributed by atoms with Crippen molar-refractivity contribution in [2.75, 3.05) is 13.7 Å². The van der Waals surface area contributed by atoms with Gasteiger partial charge in [0, 0.05) is 0 Å². The monoisotopic (exact) mass is 378 g/mol. The predicted octanol–water partition coefficient (Wildman–Crippen LogP) is 3.61. The van der Waals surface area contributed by atoms with Gasteiger partial charge in [0.15, 0.2) is 18.1 Å². The molecule has 8 heteroatoms. The van der Waals surface area contributed by atoms with E-state index in [9.17, 15) is 13.6 Å². The highest BCUT2D eigenvalue weighted by molar-refractivity contribution is 6.01. The molecule has 2 aromatic rings. The van der Waals surface area contributed by atoms with Gasteiger partial charge in [-0.2, -0.15) is 13.9 Å². The van der Waals surface area contributed by atoms with E-state index in [-0.39, 0.29) is 12.4 Å². The molecule has 0 heterocycles. The zero-order valence-electron chi connectivity index (χ0n) is 14.9. The highest BCUT2D eigenvalue weighted by Crippen LogP contribution is 2.25. The summed E-state index contributed by atoms with van der Waals surface area (Å²) in [6, 6.07) is 13.0. The minimum Gasteiger partial charge on any atom is -0.493 e. The van der Waals surface area contributed by atoms with Crippen molar-refractivity contribution >= 4 is 11.6 Å². The van der Waals surface area contributed by atoms with Crippen LogP contribution in [0.5, 0.6) is 17.2 Å². The van der Waals surface area contributed by atoms with Gasteiger partial charge in [-0.25, -0.2) is 5.43 Å². The van der Waals surface area contributed by atoms with Crippen LogP contribution in [0.15, 0.2) is 53.6 Å². The molecule has 2 aromatic carbocycles. The van der Waals surface area contributed by atoms with E-state index in [0.29, 0.717) is 29.2 Å². The lowest BCUT2D eigenvalue weighted by Crippen LogP contribution is -2.26. The largest absolute Gasteiger partial charge is 0.493 e. The molecular weight excluding hydrogens is 358 g/mol. The number of carbonyl (C=O) groups excluding carboxylic acids is 1. The molecule has 27 heavy (non-hydrogen) atoms. The van der Waals surface area contributed by atoms with E-state index in [1.807, 2.05) is 6.92 Å². The van der Waals surface area contributed by atoms with Crippen LogP contribution in [0.2, 0.25) is 0 Å². The summed E-state index contributed by atoms with van der Waals surface area (Å²) in [6.45, 7) is -1.25. The number of hydrogen-bond donors (Lipinski definition) is 1. The smallest absolute Gasteiger partial charge is 0.387 e. The van der Waals surface area contributed by atoms with Crippen LogP contribution >= 0.6 is 0 Å². The summed E-state index contributed by atoms with van der Waals surface area (Å²) in [7, 11) is 1.51. The maximum atomic E-state index is 12.2. The first kappa shape index (κ1) is 20.2. The van der Waals surface area contributed by atoms with Gasteiger partial charge in [-0.3, -0.25) is 4.79 Å². The van der Waals surface area contributed by atoms with Crippen LogP contribution in [0.4, 0.5) is 8.78 Å². The van der Waals surface area contributed by atoms with Crippen molar-refractivity contribution in [3.8, 4) is 17.2 Å². The molecule has 0 aliphatic carbocycles. The zero-order chi connectivity index (χ0) is 19.6. The highest BCUT2D eigenvalue weighted by Gasteiger charge is 2.09. The van der Waals surface area contributed by atoms with Gasteiger partial charge in [0.1, 0.15) is 5.75 Å². The lowest BCUT2D eigenvalue weighted by Gasteiger charge is -2.10. The molecule has 0 fully saturated rings. The maximum absolute atomic E-state index is 12.2. The lowest BCUT2D eigenvalue weighted by molar-refractivity contribution is -0.123. The number of hydrogen-bond acceptors (Lipinski definition) is 5. The normalized spacial score (nSPS) is 11.2. The molecule has 0 aliphatic heterocycles. The standard InChI is InChI=1S/C19H20F2N2O4/c1-3-15(13-8-10-14(11-9-13)27-19(20)21)22-23-18(24)12-26-17-7-5-4-6-16(17)25-2/h4-11,19H,3,12H2,1-2H3,(H,23,24)/b22-15+. The van der Waals surface area contributed by atoms with Crippen LogP contribution in [0.3, 0.4) is 0 Å². The average Bonchev–Trinajstić information content (AvgIpc) is 2.67. The number of para-hydroxylation sites is 2. The predicted molar refractivity (Wildman–Crippen MR) is 96.5 cm³/mol. The Morgan fingerprint density at radius 1 is 1.11 bits per heavy atom. The summed E-state index contributed by atoms with van der Waals surface area (Å²) < 4.78 is 39.2. The molecule has 144 valence electrons. The number of rotatable bonds is 9. The third-order valence-electron chi connectivity index (χ3n) is 3.49. The number of nitrogens with one attached hydrogen (secondary N) is 1. The maximum Gasteiger partial charge on any atom is 0.387 e. The fraction of sp³-hybridized carbons (Fsp3) is 0.263. The van der Waals surface area contributed by atoms with E-state index >= 15 is 0 Å². The lowest BCUT2D eigenvalue weighted by atomic mass is 10.1. The first-order valence-electron chi connectivity index (χ1n) is 8.20. The zero-order valence-corrected chi connectivity index (χ0v) is 14.9. The molecule has 0 spiro atoms. The first-order chi connectivity index (χ1) is 13.0. The number of alkyl halides is 2. The van der Waals surface area contributed by atoms with E-state index in [2.05, 4.69) is 15.3 Å². The molecule has 0 saturated carbocycles. The molecule has 0 aromatic heterocycles. The number of methoxy groups -OCH3 is 1. The molecular formula is C19H20F2N2O4. The van der Waals surface area contributed by atoms with E-state index in [1.54, 1.807) is 36.4 Å². The Morgan fingerprint density at radius 2 is 1.78 bits per heavy atom. The Morgan fingerprint density at radius 3 is 2.37 bits per heavy atom. The molecule has 0 atom stereocenters. The summed E-state index contributed by atoms with van der Waals surface area (Å²) in [6.07, 6.45) is 0.530. The molecule has 1 N–H and O–H groups in total. The second-order valence-electron chi connectivity index (χ2n) is 5.29. The van der Waals surface area contributed by atoms with Crippen LogP contribution in [0.1, 0.15) is 18.9 Å². The summed E-state index contributed by atoms with van der Waals surface area (Å²) >= 11 is 0. The number of hydrazone groups is 1. The van der Waals surface area contributed by atoms with Crippen molar-refractivity contribution < 1.29 is 27.8 Å². The molecule has 1 amide bonds. The Balaban J connectivity index is 1.94. The van der Waals surface area contributed by atoms with Gasteiger partial charge < -0.3 is 14.2 Å². The van der Waals surface area contributed by atoms with Gasteiger partial charge in [0.05, 0.1) is 12.8 Å². The Hall–Kier alpha value is -3.16. The van der Waals surface area contributed by atoms with Crippen LogP contribution in [-0.4, -0.2) is 31.9 Å². The molecule has 2 rings (SSSR count). The van der Waals surface area contributed by atoms with Gasteiger partial charge in [-0.1, -0.05) is 19.1 Å². The fourth-order valence-electron chi connectivity index (χ4n) is 2.22. The third kappa shape index (κ3) is 6.25. The van der Waals surface area contributed by atoms with Crippen molar-refractivity contribution in [2.24, 2.45) is 5.10 Å². The van der Waals surface area contributed by atoms with Crippen LogP contribution in [-0.2, 0) is 4.79 Å². The summed E-state index contributed by atoms with van der Waals surface area (Å²) in [5.41, 5.74) is 3.69. The van der Waals surface area contributed by atoms with Crippen molar-refractivity contribution in [2.45, 2.75) is 20.0 Å². The SMILES string of the molecule is CC/C(=N\NC(=O)COc1ccccc1OC)c1ccc(OC(F)F)cc1. The minimum atomic E-state index is -2.88. The van der Waals surface area contributed by atoms with Gasteiger partial charge in [-0.15, -0.1) is 0 Å². The molecule has 0 saturated heterocycles. The fourth-order valence-corrected chi connectivity index (χ4v) is 2.22. The van der Waals surface area contributed by atoms with Crippen molar-refractivity contribution in [1.82, 2.24) is 5.43 Å². The second kappa shape index (κ2) is 10.1. The molecule has 0 aliphatic rings. The molecule has 0 bridgehead atoms. The van der Waals surface area contributed by atoms with Gasteiger partial charge in [0.2, 0.25) is 0 Å². The number of halogens is 2. The molecule has 6 nitrogen and oxygen atoms in total. The van der Waals surface area contributed by atoms with Crippen LogP contribution < -0.4 is 19.6 Å². The Kier molecular flexibility index (Phi) is 7.54. The Labute approximate surface area is 155 Å². The van der Waals surface area contributed by atoms with Crippen LogP contribution in [0, 0.1) is 0 Å². The number of amides is 1. The summed E-state index contributed by atoms with van der Waals surface area (Å²) in [4.78, 5) is 12.0. The van der Waals surface area contributed by atoms with Gasteiger partial charge in [0.25, 0.3) is 5.91 Å². The second-order valence-corrected chi connectivity index (χ2v) is 5.29.